The zero-order valence-corrected chi connectivity index (χ0v) is 14.6. The zero-order valence-electron chi connectivity index (χ0n) is 13.8. The van der Waals surface area contributed by atoms with E-state index in [-0.39, 0.29) is 12.4 Å². The molecule has 2 fully saturated rings. The minimum atomic E-state index is -0.433. The van der Waals surface area contributed by atoms with E-state index >= 15 is 0 Å². The van der Waals surface area contributed by atoms with Gasteiger partial charge in [0.25, 0.3) is 0 Å². The number of morpholine rings is 1. The third-order valence-corrected chi connectivity index (χ3v) is 5.07. The first kappa shape index (κ1) is 18.7. The normalized spacial score (nSPS) is 29.0. The molecule has 1 aromatic carbocycles. The Kier molecular flexibility index (Phi) is 7.31. The Morgan fingerprint density at radius 3 is 2.78 bits per heavy atom. The standard InChI is InChI=1S/C18H28N2O2.ClH/c1-13-5-7-14(8-6-13)18(21)11-20-16-4-2-3-15(16)17-12-22-10-9-19-17;/h5-8,15-21H,2-4,9-12H2,1H3;1H. The van der Waals surface area contributed by atoms with Gasteiger partial charge in [0.2, 0.25) is 0 Å². The molecule has 0 aromatic heterocycles. The Morgan fingerprint density at radius 1 is 1.30 bits per heavy atom. The minimum Gasteiger partial charge on any atom is -0.387 e. The Hall–Kier alpha value is -0.650. The van der Waals surface area contributed by atoms with Crippen LogP contribution in [0.2, 0.25) is 0 Å². The van der Waals surface area contributed by atoms with Gasteiger partial charge in [-0.15, -0.1) is 12.4 Å². The number of hydrogen-bond donors (Lipinski definition) is 3. The Bertz CT molecular complexity index is 463. The predicted molar refractivity (Wildman–Crippen MR) is 95.1 cm³/mol. The summed E-state index contributed by atoms with van der Waals surface area (Å²) >= 11 is 0. The third-order valence-electron chi connectivity index (χ3n) is 5.07. The molecule has 0 spiro atoms. The van der Waals surface area contributed by atoms with Crippen molar-refractivity contribution in [2.24, 2.45) is 5.92 Å². The van der Waals surface area contributed by atoms with E-state index in [0.29, 0.717) is 24.5 Å². The highest BCUT2D eigenvalue weighted by Gasteiger charge is 2.34. The molecule has 0 amide bonds. The molecule has 1 saturated heterocycles. The van der Waals surface area contributed by atoms with Gasteiger partial charge in [0.05, 0.1) is 19.3 Å². The lowest BCUT2D eigenvalue weighted by molar-refractivity contribution is 0.0513. The van der Waals surface area contributed by atoms with Gasteiger partial charge in [-0.3, -0.25) is 0 Å². The molecule has 1 aromatic rings. The summed E-state index contributed by atoms with van der Waals surface area (Å²) in [6.45, 7) is 5.30. The summed E-state index contributed by atoms with van der Waals surface area (Å²) in [4.78, 5) is 0. The van der Waals surface area contributed by atoms with Crippen LogP contribution in [-0.2, 0) is 4.74 Å². The van der Waals surface area contributed by atoms with E-state index in [9.17, 15) is 5.11 Å². The number of aliphatic hydroxyl groups is 1. The molecule has 23 heavy (non-hydrogen) atoms. The van der Waals surface area contributed by atoms with Crippen LogP contribution >= 0.6 is 12.4 Å². The van der Waals surface area contributed by atoms with Gasteiger partial charge >= 0.3 is 0 Å². The fourth-order valence-electron chi connectivity index (χ4n) is 3.75. The average molecular weight is 341 g/mol. The van der Waals surface area contributed by atoms with Crippen molar-refractivity contribution in [2.45, 2.75) is 44.4 Å². The van der Waals surface area contributed by atoms with E-state index in [0.717, 1.165) is 25.3 Å². The van der Waals surface area contributed by atoms with Crippen LogP contribution in [0.3, 0.4) is 0 Å². The van der Waals surface area contributed by atoms with Crippen molar-refractivity contribution in [1.82, 2.24) is 10.6 Å². The van der Waals surface area contributed by atoms with Crippen molar-refractivity contribution in [1.29, 1.82) is 0 Å². The maximum absolute atomic E-state index is 10.4. The molecule has 4 atom stereocenters. The number of halogens is 1. The number of ether oxygens (including phenoxy) is 1. The Labute approximate surface area is 145 Å². The third kappa shape index (κ3) is 4.91. The summed E-state index contributed by atoms with van der Waals surface area (Å²) in [6.07, 6.45) is 3.28. The summed E-state index contributed by atoms with van der Waals surface area (Å²) in [5.41, 5.74) is 2.22. The average Bonchev–Trinajstić information content (AvgIpc) is 3.02. The summed E-state index contributed by atoms with van der Waals surface area (Å²) in [5, 5.41) is 17.6. The molecular formula is C18H29ClN2O2. The molecule has 3 N–H and O–H groups in total. The van der Waals surface area contributed by atoms with E-state index in [4.69, 9.17) is 4.74 Å². The number of aliphatic hydroxyl groups excluding tert-OH is 1. The van der Waals surface area contributed by atoms with Gasteiger partial charge in [0, 0.05) is 25.2 Å². The molecule has 1 heterocycles. The first-order valence-electron chi connectivity index (χ1n) is 8.53. The number of aryl methyl sites for hydroxylation is 1. The molecule has 3 rings (SSSR count). The van der Waals surface area contributed by atoms with Gasteiger partial charge in [0.15, 0.2) is 0 Å². The van der Waals surface area contributed by atoms with Crippen molar-refractivity contribution >= 4 is 12.4 Å². The second-order valence-electron chi connectivity index (χ2n) is 6.67. The SMILES string of the molecule is Cc1ccc(C(O)CNC2CCCC2C2COCCN2)cc1.Cl. The van der Waals surface area contributed by atoms with Gasteiger partial charge in [-0.1, -0.05) is 36.2 Å². The lowest BCUT2D eigenvalue weighted by Gasteiger charge is -2.33. The number of nitrogens with one attached hydrogen (secondary N) is 2. The quantitative estimate of drug-likeness (QED) is 0.769. The summed E-state index contributed by atoms with van der Waals surface area (Å²) in [5.74, 6) is 0.616. The van der Waals surface area contributed by atoms with Crippen molar-refractivity contribution in [3.63, 3.8) is 0 Å². The molecule has 1 aliphatic carbocycles. The Balaban J connectivity index is 0.00000192. The van der Waals surface area contributed by atoms with E-state index < -0.39 is 6.10 Å². The van der Waals surface area contributed by atoms with Gasteiger partial charge in [0.1, 0.15) is 0 Å². The van der Waals surface area contributed by atoms with Crippen LogP contribution < -0.4 is 10.6 Å². The van der Waals surface area contributed by atoms with Crippen LogP contribution in [0.25, 0.3) is 0 Å². The van der Waals surface area contributed by atoms with E-state index in [1.54, 1.807) is 0 Å². The van der Waals surface area contributed by atoms with Crippen molar-refractivity contribution in [3.8, 4) is 0 Å². The van der Waals surface area contributed by atoms with Crippen molar-refractivity contribution < 1.29 is 9.84 Å². The summed E-state index contributed by atoms with van der Waals surface area (Å²) < 4.78 is 5.61. The van der Waals surface area contributed by atoms with Crippen molar-refractivity contribution in [3.05, 3.63) is 35.4 Å². The van der Waals surface area contributed by atoms with E-state index in [2.05, 4.69) is 29.7 Å². The fraction of sp³-hybridized carbons (Fsp3) is 0.667. The smallest absolute Gasteiger partial charge is 0.0914 e. The molecule has 4 unspecified atom stereocenters. The molecule has 1 aliphatic heterocycles. The maximum Gasteiger partial charge on any atom is 0.0914 e. The van der Waals surface area contributed by atoms with Gasteiger partial charge < -0.3 is 20.5 Å². The van der Waals surface area contributed by atoms with Crippen molar-refractivity contribution in [2.75, 3.05) is 26.3 Å². The van der Waals surface area contributed by atoms with E-state index in [1.165, 1.54) is 24.8 Å². The Morgan fingerprint density at radius 2 is 2.09 bits per heavy atom. The van der Waals surface area contributed by atoms with Crippen LogP contribution in [0.5, 0.6) is 0 Å². The molecule has 1 saturated carbocycles. The molecule has 4 nitrogen and oxygen atoms in total. The second kappa shape index (κ2) is 9.00. The summed E-state index contributed by atoms with van der Waals surface area (Å²) in [6, 6.07) is 9.10. The fourth-order valence-corrected chi connectivity index (χ4v) is 3.75. The summed E-state index contributed by atoms with van der Waals surface area (Å²) in [7, 11) is 0. The number of benzene rings is 1. The minimum absolute atomic E-state index is 0. The first-order chi connectivity index (χ1) is 10.7. The molecule has 0 bridgehead atoms. The number of hydrogen-bond acceptors (Lipinski definition) is 4. The highest BCUT2D eigenvalue weighted by molar-refractivity contribution is 5.85. The van der Waals surface area contributed by atoms with Gasteiger partial charge in [-0.05, 0) is 31.2 Å². The van der Waals surface area contributed by atoms with Crippen LogP contribution in [-0.4, -0.2) is 43.5 Å². The highest BCUT2D eigenvalue weighted by Crippen LogP contribution is 2.29. The zero-order chi connectivity index (χ0) is 15.4. The van der Waals surface area contributed by atoms with E-state index in [1.807, 2.05) is 12.1 Å². The molecule has 130 valence electrons. The molecular weight excluding hydrogens is 312 g/mol. The lowest BCUT2D eigenvalue weighted by atomic mass is 9.93. The van der Waals surface area contributed by atoms with Gasteiger partial charge in [-0.2, -0.15) is 0 Å². The molecule has 2 aliphatic rings. The topological polar surface area (TPSA) is 53.5 Å². The first-order valence-corrected chi connectivity index (χ1v) is 8.53. The van der Waals surface area contributed by atoms with Crippen LogP contribution in [0, 0.1) is 12.8 Å². The maximum atomic E-state index is 10.4. The lowest BCUT2D eigenvalue weighted by Crippen LogP contribution is -2.51. The predicted octanol–water partition coefficient (Wildman–Crippen LogP) is 2.20. The van der Waals surface area contributed by atoms with Gasteiger partial charge in [-0.25, -0.2) is 0 Å². The van der Waals surface area contributed by atoms with Crippen LogP contribution in [0.15, 0.2) is 24.3 Å². The molecule has 0 radical (unpaired) electrons. The van der Waals surface area contributed by atoms with Crippen LogP contribution in [0.4, 0.5) is 0 Å². The second-order valence-corrected chi connectivity index (χ2v) is 6.67. The largest absolute Gasteiger partial charge is 0.387 e. The van der Waals surface area contributed by atoms with Crippen LogP contribution in [0.1, 0.15) is 36.5 Å². The molecule has 5 heteroatoms. The highest BCUT2D eigenvalue weighted by atomic mass is 35.5. The number of rotatable bonds is 5. The monoisotopic (exact) mass is 340 g/mol.